The molecule has 5 nitrogen and oxygen atoms in total. The van der Waals surface area contributed by atoms with E-state index in [-0.39, 0.29) is 17.9 Å². The van der Waals surface area contributed by atoms with E-state index in [2.05, 4.69) is 0 Å². The first kappa shape index (κ1) is 15.3. The molecule has 1 atom stereocenters. The Kier molecular flexibility index (Phi) is 6.49. The lowest BCUT2D eigenvalue weighted by atomic mass is 9.97. The summed E-state index contributed by atoms with van der Waals surface area (Å²) in [6.07, 6.45) is 2.07. The van der Waals surface area contributed by atoms with Gasteiger partial charge in [0.25, 0.3) is 0 Å². The molecule has 0 aromatic carbocycles. The smallest absolute Gasteiger partial charge is 0.306 e. The van der Waals surface area contributed by atoms with Crippen molar-refractivity contribution < 1.29 is 14.7 Å². The van der Waals surface area contributed by atoms with Crippen LogP contribution in [0.4, 0.5) is 0 Å². The number of piperidine rings is 1. The third kappa shape index (κ3) is 5.27. The molecule has 1 aliphatic rings. The van der Waals surface area contributed by atoms with E-state index in [9.17, 15) is 9.59 Å². The second-order valence-corrected chi connectivity index (χ2v) is 5.92. The van der Waals surface area contributed by atoms with Crippen LogP contribution < -0.4 is 5.73 Å². The average Bonchev–Trinajstić information content (AvgIpc) is 2.34. The van der Waals surface area contributed by atoms with Gasteiger partial charge in [0.05, 0.1) is 11.7 Å². The van der Waals surface area contributed by atoms with Crippen LogP contribution in [-0.4, -0.2) is 52.5 Å². The Balaban J connectivity index is 2.18. The average molecular weight is 274 g/mol. The van der Waals surface area contributed by atoms with Crippen LogP contribution >= 0.6 is 11.8 Å². The van der Waals surface area contributed by atoms with E-state index < -0.39 is 5.97 Å². The van der Waals surface area contributed by atoms with E-state index in [1.807, 2.05) is 6.92 Å². The molecule has 0 spiro atoms. The number of carbonyl (C=O) groups excluding carboxylic acids is 1. The first-order valence-electron chi connectivity index (χ1n) is 6.34. The Morgan fingerprint density at radius 1 is 1.44 bits per heavy atom. The van der Waals surface area contributed by atoms with Crippen molar-refractivity contribution >= 4 is 23.6 Å². The minimum atomic E-state index is -0.742. The maximum absolute atomic E-state index is 11.8. The van der Waals surface area contributed by atoms with E-state index in [1.54, 1.807) is 16.7 Å². The molecule has 6 heteroatoms. The lowest BCUT2D eigenvalue weighted by Gasteiger charge is -2.30. The van der Waals surface area contributed by atoms with Gasteiger partial charge in [-0.2, -0.15) is 11.8 Å². The molecule has 0 aromatic rings. The van der Waals surface area contributed by atoms with Crippen molar-refractivity contribution in [3.05, 3.63) is 0 Å². The summed E-state index contributed by atoms with van der Waals surface area (Å²) in [7, 11) is 0. The van der Waals surface area contributed by atoms with Crippen molar-refractivity contribution in [3.63, 3.8) is 0 Å². The highest BCUT2D eigenvalue weighted by Crippen LogP contribution is 2.18. The maximum Gasteiger partial charge on any atom is 0.306 e. The lowest BCUT2D eigenvalue weighted by Crippen LogP contribution is -2.41. The van der Waals surface area contributed by atoms with Crippen molar-refractivity contribution in [2.75, 3.05) is 24.6 Å². The Labute approximate surface area is 112 Å². The number of likely N-dealkylation sites (tertiary alicyclic amines) is 1. The molecule has 1 aliphatic heterocycles. The number of carboxylic acid groups (broad SMARTS) is 1. The molecular formula is C12H22N2O3S. The van der Waals surface area contributed by atoms with Crippen molar-refractivity contribution in [3.8, 4) is 0 Å². The molecule has 104 valence electrons. The minimum absolute atomic E-state index is 0.119. The van der Waals surface area contributed by atoms with Crippen LogP contribution in [0, 0.1) is 5.92 Å². The van der Waals surface area contributed by atoms with Gasteiger partial charge in [0.15, 0.2) is 0 Å². The fourth-order valence-electron chi connectivity index (χ4n) is 1.90. The number of carboxylic acids is 1. The van der Waals surface area contributed by atoms with Crippen molar-refractivity contribution in [1.29, 1.82) is 0 Å². The van der Waals surface area contributed by atoms with Crippen molar-refractivity contribution in [2.24, 2.45) is 11.7 Å². The maximum atomic E-state index is 11.8. The van der Waals surface area contributed by atoms with Gasteiger partial charge in [-0.3, -0.25) is 9.59 Å². The number of thioether (sulfide) groups is 1. The summed E-state index contributed by atoms with van der Waals surface area (Å²) in [5, 5.41) is 8.87. The molecule has 3 N–H and O–H groups in total. The third-order valence-corrected chi connectivity index (χ3v) is 4.12. The molecule has 1 rings (SSSR count). The molecule has 0 aliphatic carbocycles. The summed E-state index contributed by atoms with van der Waals surface area (Å²) in [4.78, 5) is 24.4. The van der Waals surface area contributed by atoms with E-state index in [0.29, 0.717) is 31.7 Å². The summed E-state index contributed by atoms with van der Waals surface area (Å²) in [5.74, 6) is 0.473. The highest BCUT2D eigenvalue weighted by atomic mass is 32.2. The van der Waals surface area contributed by atoms with Crippen LogP contribution in [-0.2, 0) is 9.59 Å². The Morgan fingerprint density at radius 3 is 2.56 bits per heavy atom. The normalized spacial score (nSPS) is 18.7. The number of amides is 1. The summed E-state index contributed by atoms with van der Waals surface area (Å²) >= 11 is 1.60. The molecule has 0 aromatic heterocycles. The molecule has 1 amide bonds. The van der Waals surface area contributed by atoms with Gasteiger partial charge >= 0.3 is 5.97 Å². The molecule has 1 heterocycles. The van der Waals surface area contributed by atoms with Gasteiger partial charge in [0, 0.05) is 19.1 Å². The highest BCUT2D eigenvalue weighted by molar-refractivity contribution is 7.99. The van der Waals surface area contributed by atoms with Gasteiger partial charge in [-0.05, 0) is 31.9 Å². The molecule has 0 saturated carbocycles. The van der Waals surface area contributed by atoms with Gasteiger partial charge in [-0.1, -0.05) is 0 Å². The minimum Gasteiger partial charge on any atom is -0.481 e. The van der Waals surface area contributed by atoms with E-state index >= 15 is 0 Å². The third-order valence-electron chi connectivity index (χ3n) is 3.14. The zero-order valence-corrected chi connectivity index (χ0v) is 11.6. The van der Waals surface area contributed by atoms with Gasteiger partial charge in [0.1, 0.15) is 0 Å². The topological polar surface area (TPSA) is 83.6 Å². The lowest BCUT2D eigenvalue weighted by molar-refractivity contribution is -0.145. The number of carbonyl (C=O) groups is 2. The van der Waals surface area contributed by atoms with Crippen LogP contribution in [0.5, 0.6) is 0 Å². The molecule has 0 bridgehead atoms. The second-order valence-electron chi connectivity index (χ2n) is 4.81. The van der Waals surface area contributed by atoms with E-state index in [0.717, 1.165) is 12.2 Å². The predicted molar refractivity (Wildman–Crippen MR) is 72.5 cm³/mol. The molecule has 1 fully saturated rings. The molecule has 1 saturated heterocycles. The molecular weight excluding hydrogens is 252 g/mol. The van der Waals surface area contributed by atoms with Crippen molar-refractivity contribution in [2.45, 2.75) is 32.2 Å². The SMILES string of the molecule is CC(N)CCSCC(=O)N1CCC(C(=O)O)CC1. The Bertz CT molecular complexity index is 289. The number of rotatable bonds is 6. The number of nitrogens with two attached hydrogens (primary N) is 1. The quantitative estimate of drug-likeness (QED) is 0.699. The first-order chi connectivity index (χ1) is 8.50. The van der Waals surface area contributed by atoms with Gasteiger partial charge in [0.2, 0.25) is 5.91 Å². The fourth-order valence-corrected chi connectivity index (χ4v) is 2.94. The number of hydrogen-bond donors (Lipinski definition) is 2. The van der Waals surface area contributed by atoms with Crippen LogP contribution in [0.25, 0.3) is 0 Å². The monoisotopic (exact) mass is 274 g/mol. The first-order valence-corrected chi connectivity index (χ1v) is 7.50. The van der Waals surface area contributed by atoms with Gasteiger partial charge in [-0.15, -0.1) is 0 Å². The fraction of sp³-hybridized carbons (Fsp3) is 0.833. The predicted octanol–water partition coefficient (Wildman–Crippen LogP) is 0.780. The summed E-state index contributed by atoms with van der Waals surface area (Å²) in [6, 6.07) is 0.180. The molecule has 0 radical (unpaired) electrons. The largest absolute Gasteiger partial charge is 0.481 e. The Hall–Kier alpha value is -0.750. The second kappa shape index (κ2) is 7.63. The summed E-state index contributed by atoms with van der Waals surface area (Å²) < 4.78 is 0. The van der Waals surface area contributed by atoms with Crippen LogP contribution in [0.2, 0.25) is 0 Å². The van der Waals surface area contributed by atoms with Crippen LogP contribution in [0.3, 0.4) is 0 Å². The number of hydrogen-bond acceptors (Lipinski definition) is 4. The number of nitrogens with zero attached hydrogens (tertiary/aromatic N) is 1. The van der Waals surface area contributed by atoms with Gasteiger partial charge < -0.3 is 15.7 Å². The molecule has 18 heavy (non-hydrogen) atoms. The van der Waals surface area contributed by atoms with Crippen LogP contribution in [0.1, 0.15) is 26.2 Å². The van der Waals surface area contributed by atoms with E-state index in [4.69, 9.17) is 10.8 Å². The number of aliphatic carboxylic acids is 1. The van der Waals surface area contributed by atoms with E-state index in [1.165, 1.54) is 0 Å². The van der Waals surface area contributed by atoms with Crippen LogP contribution in [0.15, 0.2) is 0 Å². The Morgan fingerprint density at radius 2 is 2.06 bits per heavy atom. The summed E-state index contributed by atoms with van der Waals surface area (Å²) in [6.45, 7) is 3.10. The highest BCUT2D eigenvalue weighted by Gasteiger charge is 2.26. The van der Waals surface area contributed by atoms with Crippen molar-refractivity contribution in [1.82, 2.24) is 4.90 Å². The zero-order chi connectivity index (χ0) is 13.5. The van der Waals surface area contributed by atoms with Gasteiger partial charge in [-0.25, -0.2) is 0 Å². The standard InChI is InChI=1S/C12H22N2O3S/c1-9(13)4-7-18-8-11(15)14-5-2-10(3-6-14)12(16)17/h9-10H,2-8,13H2,1H3,(H,16,17). The summed E-state index contributed by atoms with van der Waals surface area (Å²) in [5.41, 5.74) is 5.63. The zero-order valence-electron chi connectivity index (χ0n) is 10.8. The molecule has 1 unspecified atom stereocenters.